The molecule has 0 unspecified atom stereocenters. The van der Waals surface area contributed by atoms with E-state index in [1.807, 2.05) is 30.3 Å². The third kappa shape index (κ3) is 1.30. The van der Waals surface area contributed by atoms with Crippen LogP contribution in [0.3, 0.4) is 0 Å². The average Bonchev–Trinajstić information content (AvgIpc) is 2.77. The lowest BCUT2D eigenvalue weighted by Crippen LogP contribution is -1.97. The van der Waals surface area contributed by atoms with Crippen LogP contribution in [0.2, 0.25) is 0 Å². The number of aromatic nitrogens is 4. The second-order valence-electron chi connectivity index (χ2n) is 3.43. The quantitative estimate of drug-likeness (QED) is 0.640. The summed E-state index contributed by atoms with van der Waals surface area (Å²) in [5.74, 6) is 0.257. The molecule has 16 heavy (non-hydrogen) atoms. The fourth-order valence-electron chi connectivity index (χ4n) is 1.66. The maximum absolute atomic E-state index is 5.66. The SMILES string of the molecule is Nc1nc(-c2ccccc2)c2[nH]ncc2n1. The van der Waals surface area contributed by atoms with Crippen LogP contribution in [0.25, 0.3) is 22.3 Å². The fraction of sp³-hybridized carbons (Fsp3) is 0. The third-order valence-electron chi connectivity index (χ3n) is 2.36. The summed E-state index contributed by atoms with van der Waals surface area (Å²) in [6.45, 7) is 0. The molecule has 0 saturated carbocycles. The van der Waals surface area contributed by atoms with Crippen molar-refractivity contribution in [1.82, 2.24) is 20.2 Å². The number of nitrogen functional groups attached to an aromatic ring is 1. The van der Waals surface area contributed by atoms with Gasteiger partial charge in [-0.15, -0.1) is 0 Å². The molecule has 0 aliphatic heterocycles. The van der Waals surface area contributed by atoms with Crippen LogP contribution in [0.5, 0.6) is 0 Å². The third-order valence-corrected chi connectivity index (χ3v) is 2.36. The Kier molecular flexibility index (Phi) is 1.83. The second kappa shape index (κ2) is 3.30. The summed E-state index contributed by atoms with van der Waals surface area (Å²) < 4.78 is 0. The van der Waals surface area contributed by atoms with Crippen molar-refractivity contribution in [2.45, 2.75) is 0 Å². The van der Waals surface area contributed by atoms with Gasteiger partial charge in [-0.25, -0.2) is 9.97 Å². The number of fused-ring (bicyclic) bond motifs is 1. The van der Waals surface area contributed by atoms with Crippen molar-refractivity contribution in [2.24, 2.45) is 0 Å². The summed E-state index contributed by atoms with van der Waals surface area (Å²) in [5.41, 5.74) is 8.96. The molecule has 0 spiro atoms. The number of nitrogens with zero attached hydrogens (tertiary/aromatic N) is 3. The van der Waals surface area contributed by atoms with Crippen molar-refractivity contribution in [3.8, 4) is 11.3 Å². The number of aromatic amines is 1. The maximum atomic E-state index is 5.66. The van der Waals surface area contributed by atoms with Crippen molar-refractivity contribution in [2.75, 3.05) is 5.73 Å². The van der Waals surface area contributed by atoms with Gasteiger partial charge in [0.1, 0.15) is 16.7 Å². The molecule has 3 aromatic rings. The molecule has 2 heterocycles. The summed E-state index contributed by atoms with van der Waals surface area (Å²) in [6, 6.07) is 9.81. The number of hydrogen-bond donors (Lipinski definition) is 2. The van der Waals surface area contributed by atoms with E-state index in [4.69, 9.17) is 5.73 Å². The van der Waals surface area contributed by atoms with E-state index in [2.05, 4.69) is 20.2 Å². The van der Waals surface area contributed by atoms with Gasteiger partial charge < -0.3 is 5.73 Å². The van der Waals surface area contributed by atoms with Gasteiger partial charge in [-0.3, -0.25) is 5.10 Å². The minimum atomic E-state index is 0.257. The van der Waals surface area contributed by atoms with Gasteiger partial charge in [-0.05, 0) is 0 Å². The van der Waals surface area contributed by atoms with Gasteiger partial charge in [0.05, 0.1) is 6.20 Å². The summed E-state index contributed by atoms with van der Waals surface area (Å²) in [5, 5.41) is 6.83. The number of nitrogens with one attached hydrogen (secondary N) is 1. The van der Waals surface area contributed by atoms with E-state index < -0.39 is 0 Å². The minimum Gasteiger partial charge on any atom is -0.368 e. The standard InChI is InChI=1S/C11H9N5/c12-11-14-8-6-13-16-10(8)9(15-11)7-4-2-1-3-5-7/h1-6H,(H,13,16)(H2,12,14,15). The number of H-pyrrole nitrogens is 1. The van der Waals surface area contributed by atoms with Crippen molar-refractivity contribution < 1.29 is 0 Å². The largest absolute Gasteiger partial charge is 0.368 e. The number of rotatable bonds is 1. The topological polar surface area (TPSA) is 80.5 Å². The van der Waals surface area contributed by atoms with Crippen LogP contribution in [0.1, 0.15) is 0 Å². The number of benzene rings is 1. The first-order valence-electron chi connectivity index (χ1n) is 4.86. The Labute approximate surface area is 91.3 Å². The molecular formula is C11H9N5. The van der Waals surface area contributed by atoms with Gasteiger partial charge in [-0.1, -0.05) is 30.3 Å². The highest BCUT2D eigenvalue weighted by molar-refractivity contribution is 5.89. The lowest BCUT2D eigenvalue weighted by atomic mass is 10.1. The maximum Gasteiger partial charge on any atom is 0.221 e. The second-order valence-corrected chi connectivity index (χ2v) is 3.43. The Hall–Kier alpha value is -2.43. The molecule has 3 rings (SSSR count). The average molecular weight is 211 g/mol. The Morgan fingerprint density at radius 2 is 1.88 bits per heavy atom. The molecule has 5 heteroatoms. The Morgan fingerprint density at radius 3 is 2.69 bits per heavy atom. The van der Waals surface area contributed by atoms with Gasteiger partial charge in [0.15, 0.2) is 0 Å². The Bertz CT molecular complexity index is 629. The Morgan fingerprint density at radius 1 is 1.06 bits per heavy atom. The molecule has 1 aromatic carbocycles. The molecule has 0 amide bonds. The van der Waals surface area contributed by atoms with Gasteiger partial charge >= 0.3 is 0 Å². The van der Waals surface area contributed by atoms with E-state index in [-0.39, 0.29) is 5.95 Å². The van der Waals surface area contributed by atoms with E-state index in [0.717, 1.165) is 22.3 Å². The van der Waals surface area contributed by atoms with Gasteiger partial charge in [0, 0.05) is 5.56 Å². The van der Waals surface area contributed by atoms with Gasteiger partial charge in [0.25, 0.3) is 0 Å². The smallest absolute Gasteiger partial charge is 0.221 e. The van der Waals surface area contributed by atoms with E-state index in [1.165, 1.54) is 0 Å². The van der Waals surface area contributed by atoms with Crippen LogP contribution in [-0.2, 0) is 0 Å². The molecule has 0 atom stereocenters. The number of hydrogen-bond acceptors (Lipinski definition) is 4. The molecule has 0 aliphatic carbocycles. The number of nitrogens with two attached hydrogens (primary N) is 1. The van der Waals surface area contributed by atoms with Crippen LogP contribution < -0.4 is 5.73 Å². The predicted octanol–water partition coefficient (Wildman–Crippen LogP) is 1.60. The highest BCUT2D eigenvalue weighted by atomic mass is 15.1. The zero-order chi connectivity index (χ0) is 11.0. The molecule has 0 bridgehead atoms. The molecule has 5 nitrogen and oxygen atoms in total. The van der Waals surface area contributed by atoms with Crippen molar-refractivity contribution in [3.05, 3.63) is 36.5 Å². The van der Waals surface area contributed by atoms with E-state index >= 15 is 0 Å². The van der Waals surface area contributed by atoms with Crippen molar-refractivity contribution >= 4 is 17.0 Å². The van der Waals surface area contributed by atoms with Crippen LogP contribution in [0.15, 0.2) is 36.5 Å². The zero-order valence-corrected chi connectivity index (χ0v) is 8.38. The lowest BCUT2D eigenvalue weighted by molar-refractivity contribution is 1.11. The molecule has 78 valence electrons. The molecular weight excluding hydrogens is 202 g/mol. The molecule has 0 saturated heterocycles. The predicted molar refractivity (Wildman–Crippen MR) is 61.5 cm³/mol. The van der Waals surface area contributed by atoms with Crippen LogP contribution >= 0.6 is 0 Å². The summed E-state index contributed by atoms with van der Waals surface area (Å²) in [7, 11) is 0. The summed E-state index contributed by atoms with van der Waals surface area (Å²) in [6.07, 6.45) is 1.64. The van der Waals surface area contributed by atoms with Crippen LogP contribution in [0.4, 0.5) is 5.95 Å². The highest BCUT2D eigenvalue weighted by Crippen LogP contribution is 2.24. The van der Waals surface area contributed by atoms with Crippen LogP contribution in [0, 0.1) is 0 Å². The zero-order valence-electron chi connectivity index (χ0n) is 8.38. The molecule has 0 radical (unpaired) electrons. The lowest BCUT2D eigenvalue weighted by Gasteiger charge is -2.02. The minimum absolute atomic E-state index is 0.257. The fourth-order valence-corrected chi connectivity index (χ4v) is 1.66. The van der Waals surface area contributed by atoms with Crippen LogP contribution in [-0.4, -0.2) is 20.2 Å². The Balaban J connectivity index is 2.34. The highest BCUT2D eigenvalue weighted by Gasteiger charge is 2.09. The molecule has 2 aromatic heterocycles. The monoisotopic (exact) mass is 211 g/mol. The van der Waals surface area contributed by atoms with E-state index in [9.17, 15) is 0 Å². The van der Waals surface area contributed by atoms with Gasteiger partial charge in [-0.2, -0.15) is 5.10 Å². The first-order valence-corrected chi connectivity index (χ1v) is 4.86. The molecule has 3 N–H and O–H groups in total. The van der Waals surface area contributed by atoms with Crippen molar-refractivity contribution in [3.63, 3.8) is 0 Å². The van der Waals surface area contributed by atoms with Gasteiger partial charge in [0.2, 0.25) is 5.95 Å². The number of anilines is 1. The van der Waals surface area contributed by atoms with E-state index in [0.29, 0.717) is 0 Å². The van der Waals surface area contributed by atoms with E-state index in [1.54, 1.807) is 6.20 Å². The molecule has 0 aliphatic rings. The molecule has 0 fully saturated rings. The first-order chi connectivity index (χ1) is 7.84. The summed E-state index contributed by atoms with van der Waals surface area (Å²) in [4.78, 5) is 8.33. The normalized spacial score (nSPS) is 10.8. The van der Waals surface area contributed by atoms with Crippen molar-refractivity contribution in [1.29, 1.82) is 0 Å². The first kappa shape index (κ1) is 8.84. The summed E-state index contributed by atoms with van der Waals surface area (Å²) >= 11 is 0.